The van der Waals surface area contributed by atoms with Crippen molar-refractivity contribution in [3.63, 3.8) is 0 Å². The molecule has 0 saturated carbocycles. The zero-order valence-corrected chi connectivity index (χ0v) is 13.1. The molecule has 2 heterocycles. The van der Waals surface area contributed by atoms with E-state index in [9.17, 15) is 9.90 Å². The molecule has 5 nitrogen and oxygen atoms in total. The largest absolute Gasteiger partial charge is 0.387 e. The molecule has 1 aliphatic rings. The Hall–Kier alpha value is -1.69. The first kappa shape index (κ1) is 15.2. The number of aromatic nitrogens is 2. The van der Waals surface area contributed by atoms with Gasteiger partial charge in [-0.1, -0.05) is 23.7 Å². The third-order valence-electron chi connectivity index (χ3n) is 3.98. The van der Waals surface area contributed by atoms with Gasteiger partial charge in [-0.05, 0) is 23.3 Å². The Balaban J connectivity index is 1.72. The standard InChI is InChI=1S/C16H18ClN3O2/c1-19-16(22)8-12-9-20(6-5-14(12)18-19)10-15(21)11-3-2-4-13(17)7-11/h2-4,7-8,15,21H,5-6,9-10H2,1H3. The monoisotopic (exact) mass is 319 g/mol. The minimum Gasteiger partial charge on any atom is -0.387 e. The molecular weight excluding hydrogens is 302 g/mol. The molecule has 0 spiro atoms. The molecule has 0 amide bonds. The SMILES string of the molecule is Cn1nc2c(cc1=O)CN(CC(O)c1cccc(Cl)c1)CC2. The Morgan fingerprint density at radius 1 is 1.41 bits per heavy atom. The number of hydrogen-bond donors (Lipinski definition) is 1. The van der Waals surface area contributed by atoms with E-state index in [0.29, 0.717) is 18.1 Å². The van der Waals surface area contributed by atoms with Crippen molar-refractivity contribution in [3.8, 4) is 0 Å². The maximum Gasteiger partial charge on any atom is 0.266 e. The fraction of sp³-hybridized carbons (Fsp3) is 0.375. The van der Waals surface area contributed by atoms with E-state index in [4.69, 9.17) is 11.6 Å². The van der Waals surface area contributed by atoms with Gasteiger partial charge in [-0.15, -0.1) is 0 Å². The first-order valence-corrected chi connectivity index (χ1v) is 7.63. The van der Waals surface area contributed by atoms with E-state index in [1.807, 2.05) is 12.1 Å². The lowest BCUT2D eigenvalue weighted by Gasteiger charge is -2.29. The van der Waals surface area contributed by atoms with Gasteiger partial charge >= 0.3 is 0 Å². The van der Waals surface area contributed by atoms with Gasteiger partial charge in [0.05, 0.1) is 11.8 Å². The summed E-state index contributed by atoms with van der Waals surface area (Å²) in [6.07, 6.45) is 0.186. The predicted molar refractivity (Wildman–Crippen MR) is 84.9 cm³/mol. The van der Waals surface area contributed by atoms with Gasteiger partial charge in [0.15, 0.2) is 0 Å². The lowest BCUT2D eigenvalue weighted by atomic mass is 10.0. The minimum absolute atomic E-state index is 0.101. The van der Waals surface area contributed by atoms with Crippen molar-refractivity contribution in [2.24, 2.45) is 7.05 Å². The van der Waals surface area contributed by atoms with Crippen LogP contribution in [0.3, 0.4) is 0 Å². The molecule has 0 radical (unpaired) electrons. The highest BCUT2D eigenvalue weighted by Gasteiger charge is 2.21. The summed E-state index contributed by atoms with van der Waals surface area (Å²) >= 11 is 5.96. The summed E-state index contributed by atoms with van der Waals surface area (Å²) in [5.41, 5.74) is 2.62. The van der Waals surface area contributed by atoms with Gasteiger partial charge in [-0.25, -0.2) is 4.68 Å². The summed E-state index contributed by atoms with van der Waals surface area (Å²) in [7, 11) is 1.66. The van der Waals surface area contributed by atoms with E-state index in [1.54, 1.807) is 25.2 Å². The molecule has 1 aliphatic heterocycles. The molecule has 0 bridgehead atoms. The van der Waals surface area contributed by atoms with Gasteiger partial charge in [0.25, 0.3) is 5.56 Å². The van der Waals surface area contributed by atoms with Crippen LogP contribution < -0.4 is 5.56 Å². The summed E-state index contributed by atoms with van der Waals surface area (Å²) in [4.78, 5) is 13.8. The number of fused-ring (bicyclic) bond motifs is 1. The smallest absolute Gasteiger partial charge is 0.266 e. The van der Waals surface area contributed by atoms with Crippen molar-refractivity contribution >= 4 is 11.6 Å². The van der Waals surface area contributed by atoms with Crippen LogP contribution in [0.4, 0.5) is 0 Å². The molecule has 0 aliphatic carbocycles. The van der Waals surface area contributed by atoms with E-state index < -0.39 is 6.10 Å². The molecule has 1 N–H and O–H groups in total. The van der Waals surface area contributed by atoms with Gasteiger partial charge in [0, 0.05) is 44.2 Å². The van der Waals surface area contributed by atoms with Crippen LogP contribution in [0.25, 0.3) is 0 Å². The van der Waals surface area contributed by atoms with Crippen molar-refractivity contribution in [3.05, 3.63) is 62.5 Å². The second kappa shape index (κ2) is 6.20. The number of aliphatic hydroxyl groups is 1. The van der Waals surface area contributed by atoms with Crippen molar-refractivity contribution in [1.82, 2.24) is 14.7 Å². The molecule has 2 aromatic rings. The zero-order chi connectivity index (χ0) is 15.7. The molecule has 0 saturated heterocycles. The minimum atomic E-state index is -0.597. The van der Waals surface area contributed by atoms with Crippen LogP contribution in [0, 0.1) is 0 Å². The topological polar surface area (TPSA) is 58.4 Å². The second-order valence-corrected chi connectivity index (χ2v) is 6.07. The summed E-state index contributed by atoms with van der Waals surface area (Å²) in [5, 5.41) is 15.3. The van der Waals surface area contributed by atoms with E-state index in [1.165, 1.54) is 4.68 Å². The molecule has 22 heavy (non-hydrogen) atoms. The molecule has 0 fully saturated rings. The molecule has 1 atom stereocenters. The molecule has 6 heteroatoms. The molecule has 3 rings (SSSR count). The molecular formula is C16H18ClN3O2. The van der Waals surface area contributed by atoms with E-state index >= 15 is 0 Å². The Labute approximate surface area is 133 Å². The Morgan fingerprint density at radius 3 is 3.00 bits per heavy atom. The molecule has 1 unspecified atom stereocenters. The quantitative estimate of drug-likeness (QED) is 0.932. The van der Waals surface area contributed by atoms with Gasteiger partial charge in [-0.2, -0.15) is 5.10 Å². The first-order chi connectivity index (χ1) is 10.5. The van der Waals surface area contributed by atoms with E-state index in [-0.39, 0.29) is 5.56 Å². The number of hydrogen-bond acceptors (Lipinski definition) is 4. The number of benzene rings is 1. The highest BCUT2D eigenvalue weighted by molar-refractivity contribution is 6.30. The van der Waals surface area contributed by atoms with Gasteiger partial charge in [-0.3, -0.25) is 9.69 Å². The summed E-state index contributed by atoms with van der Waals surface area (Å²) in [5.74, 6) is 0. The number of halogens is 1. The maximum atomic E-state index is 11.7. The summed E-state index contributed by atoms with van der Waals surface area (Å²) < 4.78 is 1.37. The third kappa shape index (κ3) is 3.21. The molecule has 1 aromatic heterocycles. The second-order valence-electron chi connectivity index (χ2n) is 5.63. The normalized spacial score (nSPS) is 16.3. The lowest BCUT2D eigenvalue weighted by molar-refractivity contribution is 0.105. The summed E-state index contributed by atoms with van der Waals surface area (Å²) in [6, 6.07) is 8.91. The van der Waals surface area contributed by atoms with E-state index in [2.05, 4.69) is 10.00 Å². The van der Waals surface area contributed by atoms with Crippen LogP contribution in [-0.4, -0.2) is 32.9 Å². The number of aliphatic hydroxyl groups excluding tert-OH is 1. The molecule has 116 valence electrons. The van der Waals surface area contributed by atoms with Gasteiger partial charge < -0.3 is 5.11 Å². The highest BCUT2D eigenvalue weighted by atomic mass is 35.5. The fourth-order valence-corrected chi connectivity index (χ4v) is 2.97. The van der Waals surface area contributed by atoms with Gasteiger partial charge in [0.1, 0.15) is 0 Å². The average Bonchev–Trinajstić information content (AvgIpc) is 2.49. The van der Waals surface area contributed by atoms with Crippen LogP contribution >= 0.6 is 11.6 Å². The van der Waals surface area contributed by atoms with Crippen molar-refractivity contribution in [2.45, 2.75) is 19.1 Å². The Morgan fingerprint density at radius 2 is 2.23 bits per heavy atom. The third-order valence-corrected chi connectivity index (χ3v) is 4.22. The maximum absolute atomic E-state index is 11.7. The number of β-amino-alcohol motifs (C(OH)–C–C–N with tert-alkyl or cyclic N) is 1. The highest BCUT2D eigenvalue weighted by Crippen LogP contribution is 2.21. The predicted octanol–water partition coefficient (Wildman–Crippen LogP) is 1.53. The van der Waals surface area contributed by atoms with Crippen LogP contribution in [0.2, 0.25) is 5.02 Å². The fourth-order valence-electron chi connectivity index (χ4n) is 2.77. The van der Waals surface area contributed by atoms with E-state index in [0.717, 1.165) is 29.8 Å². The summed E-state index contributed by atoms with van der Waals surface area (Å²) in [6.45, 7) is 1.96. The van der Waals surface area contributed by atoms with Crippen molar-refractivity contribution in [1.29, 1.82) is 0 Å². The van der Waals surface area contributed by atoms with Crippen LogP contribution in [0.5, 0.6) is 0 Å². The van der Waals surface area contributed by atoms with Crippen LogP contribution in [0.1, 0.15) is 22.9 Å². The number of rotatable bonds is 3. The van der Waals surface area contributed by atoms with Crippen molar-refractivity contribution in [2.75, 3.05) is 13.1 Å². The number of aryl methyl sites for hydroxylation is 1. The Bertz CT molecular complexity index is 744. The van der Waals surface area contributed by atoms with Crippen LogP contribution in [-0.2, 0) is 20.0 Å². The lowest BCUT2D eigenvalue weighted by Crippen LogP contribution is -2.36. The van der Waals surface area contributed by atoms with Crippen LogP contribution in [0.15, 0.2) is 35.1 Å². The average molecular weight is 320 g/mol. The van der Waals surface area contributed by atoms with Crippen molar-refractivity contribution < 1.29 is 5.11 Å². The zero-order valence-electron chi connectivity index (χ0n) is 12.4. The number of nitrogens with zero attached hydrogens (tertiary/aromatic N) is 3. The molecule has 1 aromatic carbocycles. The van der Waals surface area contributed by atoms with Gasteiger partial charge in [0.2, 0.25) is 0 Å². The Kier molecular flexibility index (Phi) is 4.29. The first-order valence-electron chi connectivity index (χ1n) is 7.25.